The molecule has 2 N–H and O–H groups in total. The fourth-order valence-electron chi connectivity index (χ4n) is 0.739. The molecule has 0 radical (unpaired) electrons. The van der Waals surface area contributed by atoms with Crippen LogP contribution < -0.4 is 5.59 Å². The number of rotatable bonds is 3. The summed E-state index contributed by atoms with van der Waals surface area (Å²) in [6.45, 7) is 0.760. The van der Waals surface area contributed by atoms with Gasteiger partial charge in [0.05, 0.1) is 14.1 Å². The molecule has 0 aliphatic rings. The third-order valence-corrected chi connectivity index (χ3v) is 0.907. The van der Waals surface area contributed by atoms with E-state index in [2.05, 4.69) is 5.59 Å². The smallest absolute Gasteiger partial charge is 0.153 e. The van der Waals surface area contributed by atoms with Crippen LogP contribution >= 0.6 is 0 Å². The van der Waals surface area contributed by atoms with Crippen molar-refractivity contribution in [2.24, 2.45) is 0 Å². The minimum atomic E-state index is 0.382. The molecule has 4 nitrogen and oxygen atoms in total. The van der Waals surface area contributed by atoms with Gasteiger partial charge >= 0.3 is 0 Å². The van der Waals surface area contributed by atoms with Crippen LogP contribution in [0.15, 0.2) is 0 Å². The normalized spacial score (nSPS) is 12.7. The highest BCUT2D eigenvalue weighted by atomic mass is 16.5. The zero-order chi connectivity index (χ0) is 7.49. The second kappa shape index (κ2) is 3.12. The van der Waals surface area contributed by atoms with Gasteiger partial charge in [0.15, 0.2) is 6.67 Å². The molecule has 0 aromatic rings. The first-order chi connectivity index (χ1) is 3.98. The van der Waals surface area contributed by atoms with Gasteiger partial charge in [-0.3, -0.25) is 10.1 Å². The van der Waals surface area contributed by atoms with Crippen LogP contribution in [0.3, 0.4) is 0 Å². The van der Waals surface area contributed by atoms with Crippen molar-refractivity contribution in [3.8, 4) is 0 Å². The molecule has 0 aromatic carbocycles. The standard InChI is InChI=1S/C5H16N3O/c1-7(2)5-8(3,4)6-9/h6,9H,5H2,1-4H3/q+1. The quantitative estimate of drug-likeness (QED) is 0.309. The van der Waals surface area contributed by atoms with Crippen LogP contribution in [0, 0.1) is 0 Å². The maximum Gasteiger partial charge on any atom is 0.153 e. The first kappa shape index (κ1) is 8.84. The number of quaternary nitrogens is 1. The number of nitrogens with zero attached hydrogens (tertiary/aromatic N) is 2. The summed E-state index contributed by atoms with van der Waals surface area (Å²) in [6, 6.07) is 0. The SMILES string of the molecule is CN(C)C[N+](C)(C)NO. The van der Waals surface area contributed by atoms with E-state index >= 15 is 0 Å². The molecule has 0 fully saturated rings. The van der Waals surface area contributed by atoms with Gasteiger partial charge in [-0.2, -0.15) is 0 Å². The van der Waals surface area contributed by atoms with Crippen LogP contribution in [-0.4, -0.2) is 49.6 Å². The summed E-state index contributed by atoms with van der Waals surface area (Å²) in [7, 11) is 7.66. The summed E-state index contributed by atoms with van der Waals surface area (Å²) in [5.74, 6) is 0. The molecule has 0 saturated heterocycles. The Hall–Kier alpha value is -0.160. The lowest BCUT2D eigenvalue weighted by molar-refractivity contribution is -0.968. The largest absolute Gasteiger partial charge is 0.272 e. The summed E-state index contributed by atoms with van der Waals surface area (Å²) in [5, 5.41) is 8.54. The summed E-state index contributed by atoms with van der Waals surface area (Å²) < 4.78 is 0.382. The molecule has 0 aliphatic carbocycles. The molecule has 56 valence electrons. The highest BCUT2D eigenvalue weighted by molar-refractivity contribution is 4.23. The molecule has 4 heteroatoms. The molecule has 0 heterocycles. The van der Waals surface area contributed by atoms with Gasteiger partial charge in [0.25, 0.3) is 0 Å². The molecule has 0 atom stereocenters. The van der Waals surface area contributed by atoms with Crippen LogP contribution in [0.1, 0.15) is 0 Å². The summed E-state index contributed by atoms with van der Waals surface area (Å²) >= 11 is 0. The summed E-state index contributed by atoms with van der Waals surface area (Å²) in [5.41, 5.74) is 2.17. The van der Waals surface area contributed by atoms with Crippen molar-refractivity contribution in [1.82, 2.24) is 10.5 Å². The average molecular weight is 134 g/mol. The van der Waals surface area contributed by atoms with E-state index < -0.39 is 0 Å². The van der Waals surface area contributed by atoms with Crippen LogP contribution in [-0.2, 0) is 0 Å². The van der Waals surface area contributed by atoms with Gasteiger partial charge in [0.2, 0.25) is 0 Å². The predicted molar refractivity (Wildman–Crippen MR) is 35.6 cm³/mol. The lowest BCUT2D eigenvalue weighted by Gasteiger charge is -2.28. The molecule has 0 rings (SSSR count). The molecule has 0 aromatic heterocycles. The van der Waals surface area contributed by atoms with Crippen LogP contribution in [0.4, 0.5) is 0 Å². The fourth-order valence-corrected chi connectivity index (χ4v) is 0.739. The Kier molecular flexibility index (Phi) is 3.07. The Morgan fingerprint density at radius 2 is 1.89 bits per heavy atom. The number of hydrogen-bond acceptors (Lipinski definition) is 3. The van der Waals surface area contributed by atoms with Crippen molar-refractivity contribution in [1.29, 1.82) is 0 Å². The van der Waals surface area contributed by atoms with Crippen molar-refractivity contribution in [2.75, 3.05) is 34.9 Å². The van der Waals surface area contributed by atoms with Gasteiger partial charge in [-0.25, -0.2) is 4.59 Å². The zero-order valence-corrected chi connectivity index (χ0v) is 6.55. The Morgan fingerprint density at radius 1 is 1.44 bits per heavy atom. The van der Waals surface area contributed by atoms with Gasteiger partial charge in [0.1, 0.15) is 0 Å². The highest BCUT2D eigenvalue weighted by Crippen LogP contribution is 1.88. The van der Waals surface area contributed by atoms with E-state index in [1.165, 1.54) is 0 Å². The van der Waals surface area contributed by atoms with E-state index in [0.717, 1.165) is 6.67 Å². The number of nitrogens with one attached hydrogen (secondary N) is 1. The van der Waals surface area contributed by atoms with Crippen molar-refractivity contribution in [2.45, 2.75) is 0 Å². The highest BCUT2D eigenvalue weighted by Gasteiger charge is 2.13. The molecule has 0 bridgehead atoms. The molecule has 0 aliphatic heterocycles. The molecular formula is C5H16N3O+. The maximum atomic E-state index is 8.54. The maximum absolute atomic E-state index is 8.54. The van der Waals surface area contributed by atoms with Crippen LogP contribution in [0.5, 0.6) is 0 Å². The van der Waals surface area contributed by atoms with Crippen molar-refractivity contribution < 1.29 is 9.80 Å². The lowest BCUT2D eigenvalue weighted by Crippen LogP contribution is -2.54. The Morgan fingerprint density at radius 3 is 2.00 bits per heavy atom. The van der Waals surface area contributed by atoms with Gasteiger partial charge in [-0.1, -0.05) is 0 Å². The summed E-state index contributed by atoms with van der Waals surface area (Å²) in [4.78, 5) is 1.99. The van der Waals surface area contributed by atoms with E-state index in [1.54, 1.807) is 0 Å². The van der Waals surface area contributed by atoms with E-state index in [9.17, 15) is 0 Å². The molecule has 0 spiro atoms. The molecule has 0 saturated carbocycles. The van der Waals surface area contributed by atoms with E-state index in [-0.39, 0.29) is 0 Å². The third-order valence-electron chi connectivity index (χ3n) is 0.907. The molecule has 0 unspecified atom stereocenters. The van der Waals surface area contributed by atoms with Crippen molar-refractivity contribution in [3.63, 3.8) is 0 Å². The fraction of sp³-hybridized carbons (Fsp3) is 1.00. The second-order valence-corrected chi connectivity index (χ2v) is 3.01. The minimum Gasteiger partial charge on any atom is -0.272 e. The average Bonchev–Trinajstić information content (AvgIpc) is 1.63. The second-order valence-electron chi connectivity index (χ2n) is 3.01. The lowest BCUT2D eigenvalue weighted by atomic mass is 10.7. The Labute approximate surface area is 56.2 Å². The topological polar surface area (TPSA) is 35.5 Å². The molecule has 9 heavy (non-hydrogen) atoms. The van der Waals surface area contributed by atoms with Gasteiger partial charge < -0.3 is 0 Å². The third kappa shape index (κ3) is 4.35. The van der Waals surface area contributed by atoms with E-state index in [4.69, 9.17) is 5.21 Å². The first-order valence-corrected chi connectivity index (χ1v) is 2.87. The van der Waals surface area contributed by atoms with Gasteiger partial charge in [-0.15, -0.1) is 0 Å². The minimum absolute atomic E-state index is 0.382. The summed E-state index contributed by atoms with van der Waals surface area (Å²) in [6.07, 6.45) is 0. The Bertz CT molecular complexity index is 82.3. The predicted octanol–water partition coefficient (Wildman–Crippen LogP) is -0.524. The van der Waals surface area contributed by atoms with E-state index in [1.807, 2.05) is 33.1 Å². The van der Waals surface area contributed by atoms with Crippen molar-refractivity contribution in [3.05, 3.63) is 0 Å². The molecule has 0 amide bonds. The van der Waals surface area contributed by atoms with E-state index in [0.29, 0.717) is 4.59 Å². The Balaban J connectivity index is 3.58. The van der Waals surface area contributed by atoms with Crippen LogP contribution in [0.25, 0.3) is 0 Å². The van der Waals surface area contributed by atoms with Gasteiger partial charge in [0, 0.05) is 0 Å². The first-order valence-electron chi connectivity index (χ1n) is 2.87. The van der Waals surface area contributed by atoms with Crippen LogP contribution in [0.2, 0.25) is 0 Å². The molecular weight excluding hydrogens is 118 g/mol. The zero-order valence-electron chi connectivity index (χ0n) is 6.55. The monoisotopic (exact) mass is 134 g/mol. The van der Waals surface area contributed by atoms with Crippen molar-refractivity contribution >= 4 is 0 Å². The van der Waals surface area contributed by atoms with Gasteiger partial charge in [-0.05, 0) is 19.7 Å². The number of hydrogen-bond donors (Lipinski definition) is 2.